The Morgan fingerprint density at radius 1 is 0.875 bits per heavy atom. The molecule has 4 nitrogen and oxygen atoms in total. The highest BCUT2D eigenvalue weighted by molar-refractivity contribution is 8.14. The van der Waals surface area contributed by atoms with Crippen LogP contribution in [-0.4, -0.2) is 16.8 Å². The number of benzene rings is 2. The van der Waals surface area contributed by atoms with Gasteiger partial charge in [-0.05, 0) is 42.7 Å². The van der Waals surface area contributed by atoms with Crippen LogP contribution in [0.25, 0.3) is 0 Å². The molecule has 0 N–H and O–H groups in total. The van der Waals surface area contributed by atoms with Gasteiger partial charge in [-0.15, -0.1) is 0 Å². The first-order valence-corrected chi connectivity index (χ1v) is 11.7. The summed E-state index contributed by atoms with van der Waals surface area (Å²) >= 11 is 5.65. The third kappa shape index (κ3) is 6.26. The van der Waals surface area contributed by atoms with Gasteiger partial charge in [-0.25, -0.2) is 16.8 Å². The predicted molar refractivity (Wildman–Crippen MR) is 98.1 cm³/mol. The molecule has 0 atom stereocenters. The lowest BCUT2D eigenvalue weighted by molar-refractivity contribution is 0.607. The summed E-state index contributed by atoms with van der Waals surface area (Å²) in [7, 11) is 3.00. The van der Waals surface area contributed by atoms with Crippen molar-refractivity contribution in [3.05, 3.63) is 58.6 Å². The molecule has 24 heavy (non-hydrogen) atoms. The van der Waals surface area contributed by atoms with E-state index >= 15 is 0 Å². The third-order valence-electron chi connectivity index (χ3n) is 3.02. The maximum atomic E-state index is 11.0. The van der Waals surface area contributed by atoms with Crippen LogP contribution in [0, 0.1) is 6.92 Å². The highest BCUT2D eigenvalue weighted by Gasteiger charge is 2.16. The van der Waals surface area contributed by atoms with Crippen LogP contribution in [0.3, 0.4) is 0 Å². The van der Waals surface area contributed by atoms with Gasteiger partial charge in [-0.1, -0.05) is 42.8 Å². The Balaban J connectivity index is 0.000000240. The monoisotopic (exact) mass is 428 g/mol. The van der Waals surface area contributed by atoms with Gasteiger partial charge in [0.2, 0.25) is 0 Å². The number of rotatable bonds is 3. The molecule has 2 aromatic carbocycles. The van der Waals surface area contributed by atoms with Gasteiger partial charge in [0.25, 0.3) is 18.1 Å². The van der Waals surface area contributed by atoms with E-state index in [0.717, 1.165) is 12.0 Å². The van der Waals surface area contributed by atoms with E-state index in [1.165, 1.54) is 18.2 Å². The largest absolute Gasteiger partial charge is 0.263 e. The van der Waals surface area contributed by atoms with Crippen LogP contribution in [-0.2, 0) is 24.5 Å². The second-order valence-electron chi connectivity index (χ2n) is 4.76. The van der Waals surface area contributed by atoms with Crippen LogP contribution in [0.1, 0.15) is 18.1 Å². The molecular formula is C15H15Cl3O4S2. The molecule has 9 heteroatoms. The Labute approximate surface area is 156 Å². The number of aryl methyl sites for hydroxylation is 2. The average molecular weight is 430 g/mol. The van der Waals surface area contributed by atoms with Crippen molar-refractivity contribution in [2.24, 2.45) is 0 Å². The maximum Gasteiger partial charge on any atom is 0.263 e. The molecular weight excluding hydrogens is 415 g/mol. The first-order chi connectivity index (χ1) is 11.0. The Bertz CT molecular complexity index is 886. The molecule has 0 heterocycles. The van der Waals surface area contributed by atoms with Crippen molar-refractivity contribution in [2.45, 2.75) is 30.1 Å². The van der Waals surface area contributed by atoms with Crippen molar-refractivity contribution in [1.29, 1.82) is 0 Å². The van der Waals surface area contributed by atoms with Gasteiger partial charge in [0.15, 0.2) is 0 Å². The number of halogens is 3. The standard InChI is InChI=1S/C8H9ClO2S.C7H6Cl2O2S/c1-2-7-3-5-8(6-4-7)12(9,10)11;1-5-3-2-4-6(8)7(5)12(9,10)11/h3-6H,2H2,1H3;2-4H,1H3. The minimum absolute atomic E-state index is 0.00617. The van der Waals surface area contributed by atoms with Crippen LogP contribution in [0.2, 0.25) is 5.02 Å². The van der Waals surface area contributed by atoms with E-state index in [0.29, 0.717) is 5.56 Å². The first kappa shape index (κ1) is 21.3. The summed E-state index contributed by atoms with van der Waals surface area (Å²) in [5.74, 6) is 0. The van der Waals surface area contributed by atoms with Crippen molar-refractivity contribution in [1.82, 2.24) is 0 Å². The molecule has 0 aliphatic heterocycles. The van der Waals surface area contributed by atoms with E-state index in [1.54, 1.807) is 31.2 Å². The van der Waals surface area contributed by atoms with Gasteiger partial charge in [0.05, 0.1) is 9.92 Å². The molecule has 0 unspecified atom stereocenters. The second-order valence-corrected chi connectivity index (χ2v) is 10.2. The fourth-order valence-corrected chi connectivity index (χ4v) is 4.60. The lowest BCUT2D eigenvalue weighted by Crippen LogP contribution is -1.94. The molecule has 0 saturated heterocycles. The quantitative estimate of drug-likeness (QED) is 0.660. The van der Waals surface area contributed by atoms with Crippen LogP contribution in [0.4, 0.5) is 0 Å². The lowest BCUT2D eigenvalue weighted by atomic mass is 10.2. The maximum absolute atomic E-state index is 11.0. The Kier molecular flexibility index (Phi) is 7.56. The van der Waals surface area contributed by atoms with Crippen LogP contribution in [0.15, 0.2) is 52.3 Å². The van der Waals surface area contributed by atoms with Crippen molar-refractivity contribution >= 4 is 51.1 Å². The zero-order valence-electron chi connectivity index (χ0n) is 12.8. The summed E-state index contributed by atoms with van der Waals surface area (Å²) in [5.41, 5.74) is 1.65. The molecule has 2 aromatic rings. The van der Waals surface area contributed by atoms with Gasteiger partial charge in [-0.2, -0.15) is 0 Å². The molecule has 0 aliphatic carbocycles. The van der Waals surface area contributed by atoms with Crippen molar-refractivity contribution in [3.8, 4) is 0 Å². The Morgan fingerprint density at radius 2 is 1.42 bits per heavy atom. The smallest absolute Gasteiger partial charge is 0.207 e. The van der Waals surface area contributed by atoms with E-state index in [1.807, 2.05) is 6.92 Å². The highest BCUT2D eigenvalue weighted by atomic mass is 35.7. The van der Waals surface area contributed by atoms with Gasteiger partial charge >= 0.3 is 0 Å². The zero-order valence-corrected chi connectivity index (χ0v) is 16.7. The topological polar surface area (TPSA) is 68.3 Å². The minimum Gasteiger partial charge on any atom is -0.207 e. The molecule has 0 saturated carbocycles. The second kappa shape index (κ2) is 8.54. The summed E-state index contributed by atoms with van der Waals surface area (Å²) in [6.07, 6.45) is 0.891. The minimum atomic E-state index is -3.72. The van der Waals surface area contributed by atoms with Crippen molar-refractivity contribution < 1.29 is 16.8 Å². The summed E-state index contributed by atoms with van der Waals surface area (Å²) in [4.78, 5) is 0.148. The Hall–Kier alpha value is -0.790. The molecule has 0 spiro atoms. The zero-order chi connectivity index (χ0) is 18.5. The van der Waals surface area contributed by atoms with E-state index in [4.69, 9.17) is 33.0 Å². The molecule has 0 radical (unpaired) electrons. The molecule has 132 valence electrons. The summed E-state index contributed by atoms with van der Waals surface area (Å²) in [6, 6.07) is 11.3. The average Bonchev–Trinajstić information content (AvgIpc) is 2.45. The SMILES string of the molecule is CCc1ccc(S(=O)(=O)Cl)cc1.Cc1cccc(Cl)c1S(=O)(=O)Cl. The highest BCUT2D eigenvalue weighted by Crippen LogP contribution is 2.27. The van der Waals surface area contributed by atoms with Crippen molar-refractivity contribution in [3.63, 3.8) is 0 Å². The normalized spacial score (nSPS) is 11.5. The van der Waals surface area contributed by atoms with Gasteiger partial charge < -0.3 is 0 Å². The van der Waals surface area contributed by atoms with Crippen LogP contribution >= 0.6 is 33.0 Å². The summed E-state index contributed by atoms with van der Waals surface area (Å²) in [6.45, 7) is 3.64. The molecule has 0 fully saturated rings. The third-order valence-corrected chi connectivity index (χ3v) is 6.31. The molecule has 2 rings (SSSR count). The van der Waals surface area contributed by atoms with E-state index in [2.05, 4.69) is 0 Å². The van der Waals surface area contributed by atoms with Gasteiger partial charge in [0, 0.05) is 21.4 Å². The van der Waals surface area contributed by atoms with Crippen molar-refractivity contribution in [2.75, 3.05) is 0 Å². The fraction of sp³-hybridized carbons (Fsp3) is 0.200. The lowest BCUT2D eigenvalue weighted by Gasteiger charge is -2.02. The molecule has 0 bridgehead atoms. The summed E-state index contributed by atoms with van der Waals surface area (Å²) in [5, 5.41) is 0.157. The Morgan fingerprint density at radius 3 is 1.75 bits per heavy atom. The van der Waals surface area contributed by atoms with Crippen LogP contribution in [0.5, 0.6) is 0 Å². The molecule has 0 aliphatic rings. The van der Waals surface area contributed by atoms with Crippen LogP contribution < -0.4 is 0 Å². The molecule has 0 aromatic heterocycles. The number of hydrogen-bond donors (Lipinski definition) is 0. The number of hydrogen-bond acceptors (Lipinski definition) is 4. The molecule has 0 amide bonds. The van der Waals surface area contributed by atoms with E-state index in [-0.39, 0.29) is 14.8 Å². The first-order valence-electron chi connectivity index (χ1n) is 6.70. The fourth-order valence-electron chi connectivity index (χ4n) is 1.81. The predicted octanol–water partition coefficient (Wildman–Crippen LogP) is 4.75. The van der Waals surface area contributed by atoms with Gasteiger partial charge in [0.1, 0.15) is 4.90 Å². The van der Waals surface area contributed by atoms with E-state index < -0.39 is 18.1 Å². The summed E-state index contributed by atoms with van der Waals surface area (Å²) < 4.78 is 43.5. The van der Waals surface area contributed by atoms with Gasteiger partial charge in [-0.3, -0.25) is 0 Å². The van der Waals surface area contributed by atoms with E-state index in [9.17, 15) is 16.8 Å².